The number of hydrogen-bond acceptors (Lipinski definition) is 4. The van der Waals surface area contributed by atoms with Crippen LogP contribution < -0.4 is 11.1 Å². The Bertz CT molecular complexity index is 1080. The van der Waals surface area contributed by atoms with Crippen molar-refractivity contribution in [3.63, 3.8) is 0 Å². The molecule has 3 aliphatic carbocycles. The zero-order chi connectivity index (χ0) is 17.9. The average Bonchev–Trinajstić information content (AvgIpc) is 3.11. The minimum absolute atomic E-state index is 0.203. The molecule has 0 unspecified atom stereocenters. The summed E-state index contributed by atoms with van der Waals surface area (Å²) in [6, 6.07) is 5.46. The second-order valence-electron chi connectivity index (χ2n) is 7.27. The molecule has 3 aliphatic rings. The lowest BCUT2D eigenvalue weighted by atomic mass is 9.47. The van der Waals surface area contributed by atoms with E-state index >= 15 is 0 Å². The number of nitrogens with zero attached hydrogens (tertiary/aromatic N) is 5. The van der Waals surface area contributed by atoms with E-state index in [1.54, 1.807) is 35.5 Å². The summed E-state index contributed by atoms with van der Waals surface area (Å²) in [5.41, 5.74) is -1.33. The number of halogens is 1. The molecule has 3 aromatic heterocycles. The molecule has 3 saturated carbocycles. The largest absolute Gasteiger partial charge is 0.316 e. The summed E-state index contributed by atoms with van der Waals surface area (Å²) in [6.45, 7) is 0.203. The molecule has 0 N–H and O–H groups in total. The van der Waals surface area contributed by atoms with Gasteiger partial charge in [0.1, 0.15) is 5.67 Å². The first-order valence-corrected chi connectivity index (χ1v) is 8.45. The van der Waals surface area contributed by atoms with Gasteiger partial charge in [-0.1, -0.05) is 0 Å². The van der Waals surface area contributed by atoms with Crippen LogP contribution in [0.5, 0.6) is 0 Å². The highest BCUT2D eigenvalue weighted by Crippen LogP contribution is 2.66. The molecule has 132 valence electrons. The minimum Gasteiger partial charge on any atom is -0.303 e. The lowest BCUT2D eigenvalue weighted by Crippen LogP contribution is -2.72. The molecule has 3 aromatic rings. The number of aromatic nitrogens is 5. The summed E-state index contributed by atoms with van der Waals surface area (Å²) in [6.07, 6.45) is 9.33. The Labute approximate surface area is 147 Å². The molecule has 3 fully saturated rings. The number of rotatable bonds is 4. The van der Waals surface area contributed by atoms with E-state index < -0.39 is 22.3 Å². The Kier molecular flexibility index (Phi) is 2.93. The van der Waals surface area contributed by atoms with Crippen LogP contribution in [0.2, 0.25) is 0 Å². The quantitative estimate of drug-likeness (QED) is 0.662. The molecule has 7 nitrogen and oxygen atoms in total. The third-order valence-corrected chi connectivity index (χ3v) is 5.42. The van der Waals surface area contributed by atoms with E-state index in [4.69, 9.17) is 0 Å². The van der Waals surface area contributed by atoms with Crippen molar-refractivity contribution >= 4 is 0 Å². The second-order valence-corrected chi connectivity index (χ2v) is 7.27. The van der Waals surface area contributed by atoms with Gasteiger partial charge in [0.15, 0.2) is 0 Å². The normalized spacial score (nSPS) is 26.2. The summed E-state index contributed by atoms with van der Waals surface area (Å²) in [7, 11) is 0. The first-order valence-electron chi connectivity index (χ1n) is 8.45. The predicted molar refractivity (Wildman–Crippen MR) is 91.1 cm³/mol. The monoisotopic (exact) mass is 353 g/mol. The molecule has 26 heavy (non-hydrogen) atoms. The smallest absolute Gasteiger partial charge is 0.303 e. The van der Waals surface area contributed by atoms with E-state index in [1.165, 1.54) is 9.13 Å². The Morgan fingerprint density at radius 3 is 2.50 bits per heavy atom. The van der Waals surface area contributed by atoms with Gasteiger partial charge in [-0.2, -0.15) is 5.10 Å². The summed E-state index contributed by atoms with van der Waals surface area (Å²) in [4.78, 5) is 29.2. The Morgan fingerprint density at radius 1 is 1.08 bits per heavy atom. The third kappa shape index (κ3) is 2.11. The molecule has 0 amide bonds. The lowest BCUT2D eigenvalue weighted by molar-refractivity contribution is -0.199. The Balaban J connectivity index is 1.40. The van der Waals surface area contributed by atoms with Crippen molar-refractivity contribution in [2.45, 2.75) is 37.0 Å². The van der Waals surface area contributed by atoms with Crippen LogP contribution in [-0.4, -0.2) is 29.6 Å². The van der Waals surface area contributed by atoms with Gasteiger partial charge >= 0.3 is 11.1 Å². The molecule has 3 heterocycles. The standard InChI is InChI=1S/C18H16FN5O2/c19-17-10-18(11-17,12-17)23-7-6-22(15(25)16(23)26)9-13-2-3-14(8-20-13)24-5-1-4-21-24/h1-8H,9-12H2. The molecule has 0 radical (unpaired) electrons. The van der Waals surface area contributed by atoms with Crippen molar-refractivity contribution in [1.82, 2.24) is 23.9 Å². The highest BCUT2D eigenvalue weighted by Gasteiger charge is 2.70. The van der Waals surface area contributed by atoms with Crippen LogP contribution in [0.15, 0.2) is 58.8 Å². The summed E-state index contributed by atoms with van der Waals surface area (Å²) in [5.74, 6) is 0. The maximum absolute atomic E-state index is 13.7. The van der Waals surface area contributed by atoms with Gasteiger partial charge in [0.2, 0.25) is 0 Å². The Hall–Kier alpha value is -3.03. The van der Waals surface area contributed by atoms with Crippen molar-refractivity contribution in [1.29, 1.82) is 0 Å². The van der Waals surface area contributed by atoms with E-state index in [-0.39, 0.29) is 6.54 Å². The van der Waals surface area contributed by atoms with Crippen LogP contribution in [0, 0.1) is 0 Å². The molecule has 8 heteroatoms. The third-order valence-electron chi connectivity index (χ3n) is 5.42. The maximum atomic E-state index is 13.7. The van der Waals surface area contributed by atoms with E-state index in [1.807, 2.05) is 18.3 Å². The zero-order valence-electron chi connectivity index (χ0n) is 13.9. The van der Waals surface area contributed by atoms with Gasteiger partial charge in [0.05, 0.1) is 29.7 Å². The van der Waals surface area contributed by atoms with E-state index in [0.29, 0.717) is 25.0 Å². The first-order chi connectivity index (χ1) is 12.5. The van der Waals surface area contributed by atoms with Crippen molar-refractivity contribution in [2.24, 2.45) is 0 Å². The molecular formula is C18H16FN5O2. The summed E-state index contributed by atoms with van der Waals surface area (Å²) in [5, 5.41) is 4.13. The van der Waals surface area contributed by atoms with Crippen LogP contribution in [0.4, 0.5) is 4.39 Å². The first kappa shape index (κ1) is 15.2. The van der Waals surface area contributed by atoms with E-state index in [9.17, 15) is 14.0 Å². The second kappa shape index (κ2) is 5.00. The predicted octanol–water partition coefficient (Wildman–Crippen LogP) is 1.24. The average molecular weight is 353 g/mol. The summed E-state index contributed by atoms with van der Waals surface area (Å²) < 4.78 is 18.2. The lowest BCUT2D eigenvalue weighted by Gasteiger charge is -2.65. The molecular weight excluding hydrogens is 337 g/mol. The number of alkyl halides is 1. The highest BCUT2D eigenvalue weighted by atomic mass is 19.1. The van der Waals surface area contributed by atoms with Crippen LogP contribution in [0.1, 0.15) is 25.0 Å². The van der Waals surface area contributed by atoms with Gasteiger partial charge in [-0.05, 0) is 18.2 Å². The molecule has 0 atom stereocenters. The topological polar surface area (TPSA) is 74.7 Å². The van der Waals surface area contributed by atoms with Gasteiger partial charge < -0.3 is 9.13 Å². The minimum atomic E-state index is -1.12. The van der Waals surface area contributed by atoms with Gasteiger partial charge in [0.25, 0.3) is 0 Å². The van der Waals surface area contributed by atoms with Crippen LogP contribution >= 0.6 is 0 Å². The van der Waals surface area contributed by atoms with Crippen LogP contribution in [-0.2, 0) is 12.1 Å². The van der Waals surface area contributed by atoms with Crippen molar-refractivity contribution in [3.05, 3.63) is 75.6 Å². The van der Waals surface area contributed by atoms with Crippen molar-refractivity contribution in [2.75, 3.05) is 0 Å². The number of pyridine rings is 1. The van der Waals surface area contributed by atoms with Gasteiger partial charge in [-0.25, -0.2) is 9.07 Å². The number of hydrogen-bond donors (Lipinski definition) is 0. The summed E-state index contributed by atoms with van der Waals surface area (Å²) >= 11 is 0. The highest BCUT2D eigenvalue weighted by molar-refractivity contribution is 5.28. The van der Waals surface area contributed by atoms with E-state index in [0.717, 1.165) is 5.69 Å². The van der Waals surface area contributed by atoms with Crippen LogP contribution in [0.3, 0.4) is 0 Å². The fourth-order valence-electron chi connectivity index (χ4n) is 4.12. The maximum Gasteiger partial charge on any atom is 0.316 e. The SMILES string of the molecule is O=c1c(=O)n(C23CC(F)(C2)C3)ccn1Cc1ccc(-n2cccn2)cn1. The van der Waals surface area contributed by atoms with Crippen LogP contribution in [0.25, 0.3) is 5.69 Å². The molecule has 0 aromatic carbocycles. The zero-order valence-corrected chi connectivity index (χ0v) is 13.9. The van der Waals surface area contributed by atoms with Gasteiger partial charge in [0, 0.05) is 44.0 Å². The van der Waals surface area contributed by atoms with E-state index in [2.05, 4.69) is 10.1 Å². The molecule has 6 rings (SSSR count). The molecule has 0 aliphatic heterocycles. The molecule has 0 saturated heterocycles. The van der Waals surface area contributed by atoms with Crippen molar-refractivity contribution in [3.8, 4) is 5.69 Å². The van der Waals surface area contributed by atoms with Crippen molar-refractivity contribution < 1.29 is 4.39 Å². The van der Waals surface area contributed by atoms with Gasteiger partial charge in [-0.3, -0.25) is 14.6 Å². The Morgan fingerprint density at radius 2 is 1.88 bits per heavy atom. The molecule has 2 bridgehead atoms. The van der Waals surface area contributed by atoms with Gasteiger partial charge in [-0.15, -0.1) is 0 Å². The fourth-order valence-corrected chi connectivity index (χ4v) is 4.12. The molecule has 0 spiro atoms. The fraction of sp³-hybridized carbons (Fsp3) is 0.333.